The van der Waals surface area contributed by atoms with Crippen LogP contribution in [-0.4, -0.2) is 30.2 Å². The highest BCUT2D eigenvalue weighted by molar-refractivity contribution is 5.92. The van der Waals surface area contributed by atoms with Crippen molar-refractivity contribution in [1.82, 2.24) is 10.3 Å². The van der Waals surface area contributed by atoms with Gasteiger partial charge in [-0.05, 0) is 44.7 Å². The van der Waals surface area contributed by atoms with Crippen LogP contribution in [0.2, 0.25) is 0 Å². The summed E-state index contributed by atoms with van der Waals surface area (Å²) >= 11 is 0. The Bertz CT molecular complexity index is 655. The van der Waals surface area contributed by atoms with E-state index in [0.717, 1.165) is 23.3 Å². The summed E-state index contributed by atoms with van der Waals surface area (Å²) in [5.41, 5.74) is 3.55. The number of aromatic nitrogens is 1. The maximum Gasteiger partial charge on any atom is 0.0726 e. The Morgan fingerprint density at radius 3 is 2.62 bits per heavy atom. The number of fused-ring (bicyclic) bond motifs is 3. The molecule has 0 aliphatic carbocycles. The predicted molar refractivity (Wildman–Crippen MR) is 87.9 cm³/mol. The van der Waals surface area contributed by atoms with E-state index in [0.29, 0.717) is 6.04 Å². The van der Waals surface area contributed by atoms with Gasteiger partial charge in [-0.3, -0.25) is 4.98 Å². The third-order valence-corrected chi connectivity index (χ3v) is 5.20. The van der Waals surface area contributed by atoms with Crippen molar-refractivity contribution in [3.63, 3.8) is 0 Å². The lowest BCUT2D eigenvalue weighted by molar-refractivity contribution is 0.355. The molecule has 21 heavy (non-hydrogen) atoms. The molecule has 3 nitrogen and oxygen atoms in total. The van der Waals surface area contributed by atoms with E-state index in [-0.39, 0.29) is 0 Å². The van der Waals surface area contributed by atoms with E-state index >= 15 is 0 Å². The van der Waals surface area contributed by atoms with E-state index in [9.17, 15) is 0 Å². The molecule has 2 bridgehead atoms. The number of pyridine rings is 1. The summed E-state index contributed by atoms with van der Waals surface area (Å²) in [7, 11) is 2.26. The van der Waals surface area contributed by atoms with Crippen LogP contribution in [0.1, 0.15) is 31.4 Å². The van der Waals surface area contributed by atoms with Crippen molar-refractivity contribution >= 4 is 16.6 Å². The quantitative estimate of drug-likeness (QED) is 0.916. The van der Waals surface area contributed by atoms with Crippen molar-refractivity contribution in [3.05, 3.63) is 36.0 Å². The normalized spacial score (nSPS) is 28.0. The molecule has 3 heteroatoms. The number of aryl methyl sites for hydroxylation is 1. The first-order chi connectivity index (χ1) is 10.2. The van der Waals surface area contributed by atoms with E-state index < -0.39 is 0 Å². The first-order valence-electron chi connectivity index (χ1n) is 8.06. The summed E-state index contributed by atoms with van der Waals surface area (Å²) in [6.45, 7) is 2.09. The monoisotopic (exact) mass is 281 g/mol. The molecule has 1 aromatic carbocycles. The second-order valence-electron chi connectivity index (χ2n) is 6.67. The van der Waals surface area contributed by atoms with Gasteiger partial charge in [0, 0.05) is 41.9 Å². The second kappa shape index (κ2) is 4.99. The Morgan fingerprint density at radius 1 is 1.14 bits per heavy atom. The Hall–Kier alpha value is -1.61. The number of rotatable bonds is 2. The van der Waals surface area contributed by atoms with E-state index in [4.69, 9.17) is 0 Å². The van der Waals surface area contributed by atoms with Crippen LogP contribution in [-0.2, 0) is 0 Å². The largest absolute Gasteiger partial charge is 0.371 e. The van der Waals surface area contributed by atoms with Gasteiger partial charge in [-0.15, -0.1) is 0 Å². The molecular formula is C18H23N3. The average Bonchev–Trinajstić information content (AvgIpc) is 2.84. The summed E-state index contributed by atoms with van der Waals surface area (Å²) in [5.74, 6) is 0. The Kier molecular flexibility index (Phi) is 3.11. The van der Waals surface area contributed by atoms with Crippen molar-refractivity contribution < 1.29 is 0 Å². The molecule has 2 fully saturated rings. The Balaban J connectivity index is 1.72. The summed E-state index contributed by atoms with van der Waals surface area (Å²) in [6.07, 6.45) is 5.24. The zero-order chi connectivity index (χ0) is 14.4. The smallest absolute Gasteiger partial charge is 0.0726 e. The molecule has 2 atom stereocenters. The molecule has 0 saturated carbocycles. The number of hydrogen-bond donors (Lipinski definition) is 1. The molecule has 0 spiro atoms. The van der Waals surface area contributed by atoms with Gasteiger partial charge in [0.2, 0.25) is 0 Å². The molecule has 2 aliphatic heterocycles. The summed E-state index contributed by atoms with van der Waals surface area (Å²) in [5, 5.41) is 5.01. The number of anilines is 1. The van der Waals surface area contributed by atoms with Gasteiger partial charge in [-0.1, -0.05) is 18.2 Å². The average molecular weight is 281 g/mol. The van der Waals surface area contributed by atoms with Crippen molar-refractivity contribution in [1.29, 1.82) is 0 Å². The third kappa shape index (κ3) is 2.30. The highest BCUT2D eigenvalue weighted by Gasteiger charge is 2.35. The Labute approximate surface area is 126 Å². The van der Waals surface area contributed by atoms with Crippen LogP contribution in [0.4, 0.5) is 5.69 Å². The maximum absolute atomic E-state index is 4.67. The second-order valence-corrected chi connectivity index (χ2v) is 6.67. The molecular weight excluding hydrogens is 258 g/mol. The molecule has 0 amide bonds. The SMILES string of the molecule is Cc1cc(N(C)C2CC3CCC(C2)N3)c2ccccc2n1. The van der Waals surface area contributed by atoms with Gasteiger partial charge in [-0.2, -0.15) is 0 Å². The number of para-hydroxylation sites is 1. The molecule has 2 saturated heterocycles. The molecule has 2 aromatic rings. The van der Waals surface area contributed by atoms with E-state index in [2.05, 4.69) is 59.5 Å². The van der Waals surface area contributed by atoms with E-state index in [1.54, 1.807) is 0 Å². The zero-order valence-electron chi connectivity index (χ0n) is 12.8. The molecule has 2 aliphatic rings. The van der Waals surface area contributed by atoms with Crippen LogP contribution in [0.5, 0.6) is 0 Å². The molecule has 4 rings (SSSR count). The van der Waals surface area contributed by atoms with Crippen LogP contribution >= 0.6 is 0 Å². The number of hydrogen-bond acceptors (Lipinski definition) is 3. The van der Waals surface area contributed by atoms with Crippen LogP contribution in [0, 0.1) is 6.92 Å². The summed E-state index contributed by atoms with van der Waals surface area (Å²) < 4.78 is 0. The fourth-order valence-electron chi connectivity index (χ4n) is 4.12. The van der Waals surface area contributed by atoms with Crippen molar-refractivity contribution in [2.24, 2.45) is 0 Å². The number of piperidine rings is 1. The lowest BCUT2D eigenvalue weighted by Gasteiger charge is -2.37. The summed E-state index contributed by atoms with van der Waals surface area (Å²) in [6, 6.07) is 12.8. The standard InChI is InChI=1S/C18H23N3/c1-12-9-18(16-5-3-4-6-17(16)19-12)21(2)15-10-13-7-8-14(11-15)20-13/h3-6,9,13-15,20H,7-8,10-11H2,1-2H3. The molecule has 110 valence electrons. The molecule has 1 aromatic heterocycles. The van der Waals surface area contributed by atoms with Gasteiger partial charge >= 0.3 is 0 Å². The number of nitrogens with one attached hydrogen (secondary N) is 1. The molecule has 2 unspecified atom stereocenters. The minimum Gasteiger partial charge on any atom is -0.371 e. The van der Waals surface area contributed by atoms with E-state index in [1.165, 1.54) is 36.8 Å². The lowest BCUT2D eigenvalue weighted by Crippen LogP contribution is -2.47. The van der Waals surface area contributed by atoms with Gasteiger partial charge < -0.3 is 10.2 Å². The van der Waals surface area contributed by atoms with Gasteiger partial charge in [0.25, 0.3) is 0 Å². The molecule has 1 N–H and O–H groups in total. The Morgan fingerprint density at radius 2 is 1.86 bits per heavy atom. The fourth-order valence-corrected chi connectivity index (χ4v) is 4.12. The van der Waals surface area contributed by atoms with Gasteiger partial charge in [0.15, 0.2) is 0 Å². The van der Waals surface area contributed by atoms with Crippen molar-refractivity contribution in [2.75, 3.05) is 11.9 Å². The van der Waals surface area contributed by atoms with E-state index in [1.807, 2.05) is 0 Å². The first-order valence-corrected chi connectivity index (χ1v) is 8.06. The minimum absolute atomic E-state index is 0.647. The van der Waals surface area contributed by atoms with Crippen LogP contribution < -0.4 is 10.2 Å². The fraction of sp³-hybridized carbons (Fsp3) is 0.500. The predicted octanol–water partition coefficient (Wildman–Crippen LogP) is 3.26. The topological polar surface area (TPSA) is 28.2 Å². The summed E-state index contributed by atoms with van der Waals surface area (Å²) in [4.78, 5) is 7.17. The van der Waals surface area contributed by atoms with Gasteiger partial charge in [0.05, 0.1) is 5.52 Å². The molecule has 3 heterocycles. The first kappa shape index (κ1) is 13.1. The highest BCUT2D eigenvalue weighted by atomic mass is 15.2. The zero-order valence-corrected chi connectivity index (χ0v) is 12.8. The number of benzene rings is 1. The molecule has 0 radical (unpaired) electrons. The van der Waals surface area contributed by atoms with Gasteiger partial charge in [0.1, 0.15) is 0 Å². The van der Waals surface area contributed by atoms with Crippen molar-refractivity contribution in [2.45, 2.75) is 50.7 Å². The third-order valence-electron chi connectivity index (χ3n) is 5.20. The van der Waals surface area contributed by atoms with Crippen molar-refractivity contribution in [3.8, 4) is 0 Å². The van der Waals surface area contributed by atoms with Crippen LogP contribution in [0.25, 0.3) is 10.9 Å². The minimum atomic E-state index is 0.647. The number of nitrogens with zero attached hydrogens (tertiary/aromatic N) is 2. The highest BCUT2D eigenvalue weighted by Crippen LogP contribution is 2.34. The van der Waals surface area contributed by atoms with Crippen LogP contribution in [0.15, 0.2) is 30.3 Å². The van der Waals surface area contributed by atoms with Gasteiger partial charge in [-0.25, -0.2) is 0 Å². The van der Waals surface area contributed by atoms with Crippen LogP contribution in [0.3, 0.4) is 0 Å². The maximum atomic E-state index is 4.67. The lowest BCUT2D eigenvalue weighted by atomic mass is 9.97.